The lowest BCUT2D eigenvalue weighted by atomic mass is 9.92. The molecule has 156 valence electrons. The summed E-state index contributed by atoms with van der Waals surface area (Å²) >= 11 is 0. The number of nitrogens with zero attached hydrogens (tertiary/aromatic N) is 4. The molecule has 2 aliphatic rings. The molecule has 1 N–H and O–H groups in total. The summed E-state index contributed by atoms with van der Waals surface area (Å²) in [4.78, 5) is 28.7. The number of nitrogens with one attached hydrogen (secondary N) is 1. The molecule has 7 nitrogen and oxygen atoms in total. The van der Waals surface area contributed by atoms with Crippen LogP contribution >= 0.6 is 0 Å². The van der Waals surface area contributed by atoms with Gasteiger partial charge in [-0.25, -0.2) is 4.68 Å². The standard InChI is InChI=1S/C21H35N5O2/c1-21(2,3)18-8-9-20(28)26(23-18)15-14-24-10-12-25(13-11-24)16-17-6-4-5-7-19(27)22-17/h8-9,17H,4-7,10-16H2,1-3H3,(H,22,27). The molecule has 1 unspecified atom stereocenters. The minimum atomic E-state index is -0.0610. The molecule has 0 saturated carbocycles. The Morgan fingerprint density at radius 2 is 1.75 bits per heavy atom. The molecule has 0 radical (unpaired) electrons. The van der Waals surface area contributed by atoms with Crippen LogP contribution in [0.1, 0.15) is 52.1 Å². The fraction of sp³-hybridized carbons (Fsp3) is 0.762. The average Bonchev–Trinajstić information content (AvgIpc) is 2.85. The Morgan fingerprint density at radius 3 is 2.46 bits per heavy atom. The van der Waals surface area contributed by atoms with E-state index in [1.807, 2.05) is 6.07 Å². The maximum absolute atomic E-state index is 12.1. The van der Waals surface area contributed by atoms with Crippen LogP contribution in [0.3, 0.4) is 0 Å². The van der Waals surface area contributed by atoms with Crippen LogP contribution in [0, 0.1) is 0 Å². The van der Waals surface area contributed by atoms with E-state index in [1.54, 1.807) is 10.7 Å². The molecule has 1 aromatic heterocycles. The first-order valence-corrected chi connectivity index (χ1v) is 10.6. The van der Waals surface area contributed by atoms with Crippen molar-refractivity contribution in [2.45, 2.75) is 64.5 Å². The summed E-state index contributed by atoms with van der Waals surface area (Å²) in [6, 6.07) is 3.76. The molecule has 0 bridgehead atoms. The van der Waals surface area contributed by atoms with Crippen molar-refractivity contribution in [3.63, 3.8) is 0 Å². The van der Waals surface area contributed by atoms with Crippen LogP contribution in [0.25, 0.3) is 0 Å². The van der Waals surface area contributed by atoms with Gasteiger partial charge in [-0.1, -0.05) is 27.2 Å². The molecular formula is C21H35N5O2. The van der Waals surface area contributed by atoms with Crippen LogP contribution in [0.15, 0.2) is 16.9 Å². The van der Waals surface area contributed by atoms with Gasteiger partial charge in [-0.05, 0) is 18.9 Å². The van der Waals surface area contributed by atoms with Crippen molar-refractivity contribution >= 4 is 5.91 Å². The fourth-order valence-electron chi connectivity index (χ4n) is 3.94. The normalized spacial score (nSPS) is 22.7. The molecule has 2 saturated heterocycles. The van der Waals surface area contributed by atoms with Crippen LogP contribution in [0.4, 0.5) is 0 Å². The molecule has 3 heterocycles. The van der Waals surface area contributed by atoms with E-state index in [9.17, 15) is 9.59 Å². The Hall–Kier alpha value is -1.73. The van der Waals surface area contributed by atoms with Crippen molar-refractivity contribution in [2.24, 2.45) is 0 Å². The van der Waals surface area contributed by atoms with Crippen LogP contribution in [0.5, 0.6) is 0 Å². The zero-order valence-corrected chi connectivity index (χ0v) is 17.6. The van der Waals surface area contributed by atoms with Crippen molar-refractivity contribution in [1.29, 1.82) is 0 Å². The third-order valence-electron chi connectivity index (χ3n) is 5.78. The number of amides is 1. The number of piperazine rings is 1. The first-order chi connectivity index (χ1) is 13.3. The number of aromatic nitrogens is 2. The smallest absolute Gasteiger partial charge is 0.266 e. The lowest BCUT2D eigenvalue weighted by Crippen LogP contribution is -2.51. The summed E-state index contributed by atoms with van der Waals surface area (Å²) in [6.45, 7) is 12.8. The van der Waals surface area contributed by atoms with Crippen LogP contribution in [-0.2, 0) is 16.8 Å². The lowest BCUT2D eigenvalue weighted by Gasteiger charge is -2.36. The van der Waals surface area contributed by atoms with Crippen molar-refractivity contribution in [3.8, 4) is 0 Å². The van der Waals surface area contributed by atoms with Crippen LogP contribution in [0.2, 0.25) is 0 Å². The molecule has 28 heavy (non-hydrogen) atoms. The molecule has 1 aromatic rings. The second kappa shape index (κ2) is 9.18. The predicted molar refractivity (Wildman–Crippen MR) is 110 cm³/mol. The Balaban J connectivity index is 1.46. The summed E-state index contributed by atoms with van der Waals surface area (Å²) in [5.41, 5.74) is 0.854. The summed E-state index contributed by atoms with van der Waals surface area (Å²) in [7, 11) is 0. The SMILES string of the molecule is CC(C)(C)c1ccc(=O)n(CCN2CCN(CC3CCCCC(=O)N3)CC2)n1. The van der Waals surface area contributed by atoms with Crippen molar-refractivity contribution in [1.82, 2.24) is 24.9 Å². The Kier molecular flexibility index (Phi) is 6.88. The molecule has 2 fully saturated rings. The Bertz CT molecular complexity index is 716. The average molecular weight is 390 g/mol. The van der Waals surface area contributed by atoms with E-state index in [1.165, 1.54) is 0 Å². The largest absolute Gasteiger partial charge is 0.352 e. The minimum Gasteiger partial charge on any atom is -0.352 e. The van der Waals surface area contributed by atoms with E-state index in [0.29, 0.717) is 19.0 Å². The van der Waals surface area contributed by atoms with Crippen molar-refractivity contribution < 1.29 is 4.79 Å². The zero-order chi connectivity index (χ0) is 20.1. The molecule has 1 amide bonds. The van der Waals surface area contributed by atoms with E-state index in [-0.39, 0.29) is 16.9 Å². The van der Waals surface area contributed by atoms with E-state index in [2.05, 4.69) is 41.0 Å². The third kappa shape index (κ3) is 5.88. The quantitative estimate of drug-likeness (QED) is 0.820. The first-order valence-electron chi connectivity index (χ1n) is 10.6. The Labute approximate surface area is 168 Å². The summed E-state index contributed by atoms with van der Waals surface area (Å²) in [5, 5.41) is 7.73. The van der Waals surface area contributed by atoms with E-state index in [4.69, 9.17) is 0 Å². The number of hydrogen-bond donors (Lipinski definition) is 1. The molecular weight excluding hydrogens is 354 g/mol. The monoisotopic (exact) mass is 389 g/mol. The fourth-order valence-corrected chi connectivity index (χ4v) is 3.94. The van der Waals surface area contributed by atoms with E-state index in [0.717, 1.165) is 64.2 Å². The molecule has 0 aromatic carbocycles. The molecule has 0 spiro atoms. The first kappa shape index (κ1) is 21.0. The number of hydrogen-bond acceptors (Lipinski definition) is 5. The second-order valence-electron chi connectivity index (χ2n) is 9.18. The highest BCUT2D eigenvalue weighted by molar-refractivity contribution is 5.76. The van der Waals surface area contributed by atoms with Gasteiger partial charge in [0.25, 0.3) is 5.56 Å². The second-order valence-corrected chi connectivity index (χ2v) is 9.18. The van der Waals surface area contributed by atoms with Gasteiger partial charge in [-0.3, -0.25) is 19.4 Å². The number of rotatable bonds is 5. The van der Waals surface area contributed by atoms with E-state index < -0.39 is 0 Å². The van der Waals surface area contributed by atoms with Crippen LogP contribution in [-0.4, -0.2) is 70.8 Å². The van der Waals surface area contributed by atoms with Gasteiger partial charge in [-0.2, -0.15) is 5.10 Å². The van der Waals surface area contributed by atoms with Gasteiger partial charge in [-0.15, -0.1) is 0 Å². The zero-order valence-electron chi connectivity index (χ0n) is 17.6. The topological polar surface area (TPSA) is 70.5 Å². The highest BCUT2D eigenvalue weighted by Crippen LogP contribution is 2.18. The van der Waals surface area contributed by atoms with Crippen LogP contribution < -0.4 is 10.9 Å². The van der Waals surface area contributed by atoms with Gasteiger partial charge in [0.15, 0.2) is 0 Å². The lowest BCUT2D eigenvalue weighted by molar-refractivity contribution is -0.121. The number of carbonyl (C=O) groups is 1. The molecule has 1 atom stereocenters. The molecule has 3 rings (SSSR count). The summed E-state index contributed by atoms with van der Waals surface area (Å²) in [5.74, 6) is 0.205. The van der Waals surface area contributed by atoms with Gasteiger partial charge in [0.2, 0.25) is 5.91 Å². The molecule has 2 aliphatic heterocycles. The maximum Gasteiger partial charge on any atom is 0.266 e. The predicted octanol–water partition coefficient (Wildman–Crippen LogP) is 1.22. The summed E-state index contributed by atoms with van der Waals surface area (Å²) in [6.07, 6.45) is 3.91. The van der Waals surface area contributed by atoms with Crippen molar-refractivity contribution in [3.05, 3.63) is 28.2 Å². The highest BCUT2D eigenvalue weighted by atomic mass is 16.1. The summed E-state index contributed by atoms with van der Waals surface area (Å²) < 4.78 is 1.61. The molecule has 7 heteroatoms. The highest BCUT2D eigenvalue weighted by Gasteiger charge is 2.23. The number of carbonyl (C=O) groups excluding carboxylic acids is 1. The van der Waals surface area contributed by atoms with Gasteiger partial charge in [0.05, 0.1) is 12.2 Å². The van der Waals surface area contributed by atoms with Gasteiger partial charge < -0.3 is 5.32 Å². The van der Waals surface area contributed by atoms with Gasteiger partial charge >= 0.3 is 0 Å². The maximum atomic E-state index is 12.1. The van der Waals surface area contributed by atoms with Crippen molar-refractivity contribution in [2.75, 3.05) is 39.3 Å². The molecule has 0 aliphatic carbocycles. The minimum absolute atomic E-state index is 0.0317. The van der Waals surface area contributed by atoms with Gasteiger partial charge in [0, 0.05) is 63.2 Å². The Morgan fingerprint density at radius 1 is 1.04 bits per heavy atom. The van der Waals surface area contributed by atoms with E-state index >= 15 is 0 Å². The third-order valence-corrected chi connectivity index (χ3v) is 5.78. The van der Waals surface area contributed by atoms with Gasteiger partial charge in [0.1, 0.15) is 0 Å².